The van der Waals surface area contributed by atoms with Crippen molar-refractivity contribution in [3.05, 3.63) is 44.3 Å². The molecule has 0 bridgehead atoms. The number of benzene rings is 1. The Balaban J connectivity index is 2.33. The predicted molar refractivity (Wildman–Crippen MR) is 90.9 cm³/mol. The van der Waals surface area contributed by atoms with Gasteiger partial charge in [0.2, 0.25) is 0 Å². The van der Waals surface area contributed by atoms with Crippen molar-refractivity contribution in [2.75, 3.05) is 5.32 Å². The van der Waals surface area contributed by atoms with Crippen LogP contribution in [0.3, 0.4) is 0 Å². The van der Waals surface area contributed by atoms with Crippen molar-refractivity contribution in [1.82, 2.24) is 9.97 Å². The monoisotopic (exact) mass is 431 g/mol. The molecule has 100 valence electrons. The van der Waals surface area contributed by atoms with E-state index in [1.165, 1.54) is 3.57 Å². The molecule has 0 saturated carbocycles. The van der Waals surface area contributed by atoms with E-state index in [2.05, 4.69) is 86.7 Å². The minimum absolute atomic E-state index is 0.0781. The minimum Gasteiger partial charge on any atom is -0.340 e. The van der Waals surface area contributed by atoms with Gasteiger partial charge < -0.3 is 5.32 Å². The molecule has 1 aromatic carbocycles. The van der Waals surface area contributed by atoms with Gasteiger partial charge in [-0.2, -0.15) is 0 Å². The number of rotatable bonds is 2. The maximum Gasteiger partial charge on any atom is 0.137 e. The van der Waals surface area contributed by atoms with E-state index in [4.69, 9.17) is 0 Å². The second-order valence-electron chi connectivity index (χ2n) is 5.28. The molecule has 0 spiro atoms. The predicted octanol–water partition coefficient (Wildman–Crippen LogP) is 4.88. The van der Waals surface area contributed by atoms with Crippen LogP contribution in [0.15, 0.2) is 34.9 Å². The molecule has 0 aliphatic carbocycles. The summed E-state index contributed by atoms with van der Waals surface area (Å²) in [4.78, 5) is 9.00. The van der Waals surface area contributed by atoms with Gasteiger partial charge in [-0.3, -0.25) is 0 Å². The SMILES string of the molecule is CC(C)(C)c1nc(Br)cc(Nc2cccc(I)c2)n1. The number of hydrogen-bond acceptors (Lipinski definition) is 3. The maximum atomic E-state index is 4.58. The topological polar surface area (TPSA) is 37.8 Å². The van der Waals surface area contributed by atoms with Crippen LogP contribution < -0.4 is 5.32 Å². The number of hydrogen-bond donors (Lipinski definition) is 1. The van der Waals surface area contributed by atoms with Gasteiger partial charge in [-0.15, -0.1) is 0 Å². The Morgan fingerprint density at radius 3 is 2.53 bits per heavy atom. The number of halogens is 2. The van der Waals surface area contributed by atoms with Crippen molar-refractivity contribution in [2.24, 2.45) is 0 Å². The van der Waals surface area contributed by atoms with Crippen LogP contribution in [0.1, 0.15) is 26.6 Å². The van der Waals surface area contributed by atoms with Gasteiger partial charge in [-0.1, -0.05) is 26.8 Å². The highest BCUT2D eigenvalue weighted by atomic mass is 127. The van der Waals surface area contributed by atoms with Gasteiger partial charge in [-0.05, 0) is 56.7 Å². The molecule has 2 rings (SSSR count). The Labute approximate surface area is 135 Å². The Hall–Kier alpha value is -0.690. The van der Waals surface area contributed by atoms with Gasteiger partial charge in [0.15, 0.2) is 0 Å². The van der Waals surface area contributed by atoms with Crippen LogP contribution in [0.25, 0.3) is 0 Å². The van der Waals surface area contributed by atoms with Gasteiger partial charge in [0.05, 0.1) is 0 Å². The summed E-state index contributed by atoms with van der Waals surface area (Å²) in [6, 6.07) is 10.1. The molecule has 0 aliphatic rings. The Morgan fingerprint density at radius 2 is 1.89 bits per heavy atom. The molecular formula is C14H15BrIN3. The van der Waals surface area contributed by atoms with Gasteiger partial charge >= 0.3 is 0 Å². The molecule has 3 nitrogen and oxygen atoms in total. The molecule has 0 aliphatic heterocycles. The summed E-state index contributed by atoms with van der Waals surface area (Å²) in [6.07, 6.45) is 0. The fourth-order valence-electron chi connectivity index (χ4n) is 1.53. The summed E-state index contributed by atoms with van der Waals surface area (Å²) >= 11 is 5.73. The number of nitrogens with one attached hydrogen (secondary N) is 1. The molecular weight excluding hydrogens is 417 g/mol. The lowest BCUT2D eigenvalue weighted by Crippen LogP contribution is -2.16. The summed E-state index contributed by atoms with van der Waals surface area (Å²) < 4.78 is 1.98. The molecule has 5 heteroatoms. The van der Waals surface area contributed by atoms with Crippen LogP contribution in [0, 0.1) is 3.57 Å². The van der Waals surface area contributed by atoms with Gasteiger partial charge in [0.1, 0.15) is 16.2 Å². The Morgan fingerprint density at radius 1 is 1.16 bits per heavy atom. The first-order valence-corrected chi connectivity index (χ1v) is 7.79. The first-order chi connectivity index (χ1) is 8.84. The van der Waals surface area contributed by atoms with Crippen molar-refractivity contribution < 1.29 is 0 Å². The lowest BCUT2D eigenvalue weighted by molar-refractivity contribution is 0.544. The molecule has 0 unspecified atom stereocenters. The smallest absolute Gasteiger partial charge is 0.137 e. The van der Waals surface area contributed by atoms with Crippen molar-refractivity contribution in [1.29, 1.82) is 0 Å². The first kappa shape index (κ1) is 14.7. The largest absolute Gasteiger partial charge is 0.340 e. The highest BCUT2D eigenvalue weighted by Crippen LogP contribution is 2.24. The van der Waals surface area contributed by atoms with Crippen LogP contribution in [-0.2, 0) is 5.41 Å². The molecule has 0 amide bonds. The van der Waals surface area contributed by atoms with E-state index >= 15 is 0 Å². The molecule has 1 N–H and O–H groups in total. The fourth-order valence-corrected chi connectivity index (χ4v) is 2.46. The van der Waals surface area contributed by atoms with E-state index in [0.717, 1.165) is 21.9 Å². The second kappa shape index (κ2) is 5.75. The third kappa shape index (κ3) is 4.14. The fraction of sp³-hybridized carbons (Fsp3) is 0.286. The zero-order valence-electron chi connectivity index (χ0n) is 11.0. The normalized spacial score (nSPS) is 11.4. The van der Waals surface area contributed by atoms with E-state index in [9.17, 15) is 0 Å². The van der Waals surface area contributed by atoms with Crippen molar-refractivity contribution in [3.8, 4) is 0 Å². The number of aromatic nitrogens is 2. The van der Waals surface area contributed by atoms with Gasteiger partial charge in [0.25, 0.3) is 0 Å². The zero-order valence-corrected chi connectivity index (χ0v) is 14.8. The van der Waals surface area contributed by atoms with E-state index < -0.39 is 0 Å². The van der Waals surface area contributed by atoms with Crippen LogP contribution in [0.5, 0.6) is 0 Å². The molecule has 1 aromatic heterocycles. The van der Waals surface area contributed by atoms with Crippen molar-refractivity contribution in [2.45, 2.75) is 26.2 Å². The lowest BCUT2D eigenvalue weighted by atomic mass is 9.96. The summed E-state index contributed by atoms with van der Waals surface area (Å²) in [5, 5.41) is 3.31. The molecule has 0 fully saturated rings. The number of anilines is 2. The van der Waals surface area contributed by atoms with E-state index in [-0.39, 0.29) is 5.41 Å². The molecule has 1 heterocycles. The quantitative estimate of drug-likeness (QED) is 0.543. The number of nitrogens with zero attached hydrogens (tertiary/aromatic N) is 2. The molecule has 2 aromatic rings. The summed E-state index contributed by atoms with van der Waals surface area (Å²) in [5.41, 5.74) is 0.947. The first-order valence-electron chi connectivity index (χ1n) is 5.92. The Bertz CT molecular complexity index is 593. The van der Waals surface area contributed by atoms with E-state index in [1.807, 2.05) is 18.2 Å². The molecule has 0 radical (unpaired) electrons. The summed E-state index contributed by atoms with van der Waals surface area (Å²) in [5.74, 6) is 1.61. The molecule has 19 heavy (non-hydrogen) atoms. The highest BCUT2D eigenvalue weighted by Gasteiger charge is 2.18. The van der Waals surface area contributed by atoms with Gasteiger partial charge in [0, 0.05) is 20.7 Å². The van der Waals surface area contributed by atoms with Crippen molar-refractivity contribution >= 4 is 50.0 Å². The van der Waals surface area contributed by atoms with E-state index in [0.29, 0.717) is 0 Å². The van der Waals surface area contributed by atoms with Crippen LogP contribution in [0.4, 0.5) is 11.5 Å². The molecule has 0 saturated heterocycles. The van der Waals surface area contributed by atoms with Gasteiger partial charge in [-0.25, -0.2) is 9.97 Å². The average Bonchev–Trinajstić information content (AvgIpc) is 2.26. The third-order valence-corrected chi connectivity index (χ3v) is 3.54. The van der Waals surface area contributed by atoms with Crippen LogP contribution in [0.2, 0.25) is 0 Å². The third-order valence-electron chi connectivity index (χ3n) is 2.46. The maximum absolute atomic E-state index is 4.58. The summed E-state index contributed by atoms with van der Waals surface area (Å²) in [6.45, 7) is 6.30. The zero-order chi connectivity index (χ0) is 14.0. The minimum atomic E-state index is -0.0781. The van der Waals surface area contributed by atoms with Crippen LogP contribution in [-0.4, -0.2) is 9.97 Å². The van der Waals surface area contributed by atoms with E-state index in [1.54, 1.807) is 0 Å². The lowest BCUT2D eigenvalue weighted by Gasteiger charge is -2.18. The Kier molecular flexibility index (Phi) is 4.45. The van der Waals surface area contributed by atoms with Crippen LogP contribution >= 0.6 is 38.5 Å². The standard InChI is InChI=1S/C14H15BrIN3/c1-14(2,3)13-18-11(15)8-12(19-13)17-10-6-4-5-9(16)7-10/h4-8H,1-3H3,(H,17,18,19). The average molecular weight is 432 g/mol. The highest BCUT2D eigenvalue weighted by molar-refractivity contribution is 14.1. The van der Waals surface area contributed by atoms with Crippen molar-refractivity contribution in [3.63, 3.8) is 0 Å². The second-order valence-corrected chi connectivity index (χ2v) is 7.34. The molecule has 0 atom stereocenters. The summed E-state index contributed by atoms with van der Waals surface area (Å²) in [7, 11) is 0.